The van der Waals surface area contributed by atoms with Crippen LogP contribution in [0.1, 0.15) is 37.7 Å². The maximum absolute atomic E-state index is 5.87. The molecule has 1 aromatic rings. The number of ether oxygens (including phenoxy) is 1. The van der Waals surface area contributed by atoms with Crippen molar-refractivity contribution in [3.63, 3.8) is 0 Å². The predicted molar refractivity (Wildman–Crippen MR) is 86.6 cm³/mol. The predicted octanol–water partition coefficient (Wildman–Crippen LogP) is 3.76. The molecule has 2 nitrogen and oxygen atoms in total. The van der Waals surface area contributed by atoms with Crippen LogP contribution in [0, 0.1) is 5.41 Å². The molecule has 20 heavy (non-hydrogen) atoms. The molecule has 0 bridgehead atoms. The van der Waals surface area contributed by atoms with Crippen molar-refractivity contribution in [2.45, 2.75) is 38.6 Å². The summed E-state index contributed by atoms with van der Waals surface area (Å²) in [7, 11) is 0. The fourth-order valence-corrected chi connectivity index (χ4v) is 4.07. The zero-order valence-corrected chi connectivity index (χ0v) is 13.1. The number of nitrogens with zero attached hydrogens (tertiary/aromatic N) is 1. The van der Waals surface area contributed by atoms with E-state index < -0.39 is 0 Å². The molecule has 1 fully saturated rings. The Labute approximate surface area is 127 Å². The molecule has 0 spiro atoms. The van der Waals surface area contributed by atoms with Crippen molar-refractivity contribution in [1.29, 1.82) is 0 Å². The quantitative estimate of drug-likeness (QED) is 0.851. The Hall–Kier alpha value is -0.670. The van der Waals surface area contributed by atoms with E-state index in [4.69, 9.17) is 4.74 Å². The van der Waals surface area contributed by atoms with Crippen LogP contribution in [0.2, 0.25) is 0 Å². The molecule has 0 unspecified atom stereocenters. The fourth-order valence-electron chi connectivity index (χ4n) is 3.66. The van der Waals surface area contributed by atoms with Gasteiger partial charge in [-0.2, -0.15) is 12.6 Å². The molecular formula is C17H25NOS. The van der Waals surface area contributed by atoms with Crippen molar-refractivity contribution in [3.05, 3.63) is 29.8 Å². The third kappa shape index (κ3) is 3.15. The summed E-state index contributed by atoms with van der Waals surface area (Å²) in [5.41, 5.74) is 1.76. The van der Waals surface area contributed by atoms with Crippen molar-refractivity contribution >= 4 is 12.6 Å². The van der Waals surface area contributed by atoms with Crippen LogP contribution in [-0.2, 0) is 6.54 Å². The number of fused-ring (bicyclic) bond motifs is 1. The first-order valence-electron chi connectivity index (χ1n) is 7.85. The van der Waals surface area contributed by atoms with Gasteiger partial charge >= 0.3 is 0 Å². The third-order valence-electron chi connectivity index (χ3n) is 4.84. The lowest BCUT2D eigenvalue weighted by Crippen LogP contribution is -2.41. The van der Waals surface area contributed by atoms with E-state index in [1.54, 1.807) is 0 Å². The van der Waals surface area contributed by atoms with Crippen molar-refractivity contribution in [3.8, 4) is 5.75 Å². The van der Waals surface area contributed by atoms with Gasteiger partial charge < -0.3 is 4.74 Å². The van der Waals surface area contributed by atoms with Gasteiger partial charge in [-0.1, -0.05) is 37.5 Å². The van der Waals surface area contributed by atoms with Crippen LogP contribution in [0.3, 0.4) is 0 Å². The van der Waals surface area contributed by atoms with Gasteiger partial charge in [-0.15, -0.1) is 0 Å². The van der Waals surface area contributed by atoms with Crippen LogP contribution < -0.4 is 4.74 Å². The van der Waals surface area contributed by atoms with Gasteiger partial charge in [-0.05, 0) is 30.1 Å². The van der Waals surface area contributed by atoms with Gasteiger partial charge in [0.2, 0.25) is 0 Å². The Morgan fingerprint density at radius 3 is 2.75 bits per heavy atom. The molecule has 0 saturated heterocycles. The first kappa shape index (κ1) is 14.3. The molecule has 0 N–H and O–H groups in total. The molecule has 1 heterocycles. The standard InChI is InChI=1S/C17H25NOS/c20-14-17(8-4-1-5-9-17)13-18-10-11-19-16-7-3-2-6-15(16)12-18/h2-3,6-7,20H,1,4-5,8-14H2. The molecule has 3 rings (SSSR count). The Balaban J connectivity index is 1.71. The maximum Gasteiger partial charge on any atom is 0.123 e. The van der Waals surface area contributed by atoms with E-state index in [2.05, 4.69) is 41.8 Å². The Kier molecular flexibility index (Phi) is 4.57. The number of hydrogen-bond acceptors (Lipinski definition) is 3. The van der Waals surface area contributed by atoms with Gasteiger partial charge in [0, 0.05) is 25.2 Å². The van der Waals surface area contributed by atoms with Crippen molar-refractivity contribution in [2.75, 3.05) is 25.4 Å². The average Bonchev–Trinajstić information content (AvgIpc) is 2.69. The molecule has 0 amide bonds. The van der Waals surface area contributed by atoms with Crippen molar-refractivity contribution < 1.29 is 4.74 Å². The summed E-state index contributed by atoms with van der Waals surface area (Å²) >= 11 is 4.67. The van der Waals surface area contributed by atoms with Crippen molar-refractivity contribution in [2.24, 2.45) is 5.41 Å². The highest BCUT2D eigenvalue weighted by Crippen LogP contribution is 2.38. The number of thiol groups is 1. The monoisotopic (exact) mass is 291 g/mol. The second kappa shape index (κ2) is 6.40. The van der Waals surface area contributed by atoms with Crippen LogP contribution in [0.15, 0.2) is 24.3 Å². The molecule has 1 aliphatic heterocycles. The van der Waals surface area contributed by atoms with E-state index in [1.807, 2.05) is 0 Å². The molecule has 0 radical (unpaired) electrons. The zero-order valence-electron chi connectivity index (χ0n) is 12.2. The smallest absolute Gasteiger partial charge is 0.123 e. The minimum atomic E-state index is 0.431. The number of hydrogen-bond donors (Lipinski definition) is 1. The molecule has 1 saturated carbocycles. The van der Waals surface area contributed by atoms with E-state index in [-0.39, 0.29) is 0 Å². The van der Waals surface area contributed by atoms with Gasteiger partial charge in [-0.25, -0.2) is 0 Å². The summed E-state index contributed by atoms with van der Waals surface area (Å²) in [6.07, 6.45) is 6.84. The Morgan fingerprint density at radius 2 is 1.95 bits per heavy atom. The minimum Gasteiger partial charge on any atom is -0.492 e. The first-order valence-corrected chi connectivity index (χ1v) is 8.49. The highest BCUT2D eigenvalue weighted by Gasteiger charge is 2.33. The lowest BCUT2D eigenvalue weighted by Gasteiger charge is -2.40. The normalized spacial score (nSPS) is 22.6. The highest BCUT2D eigenvalue weighted by molar-refractivity contribution is 7.80. The summed E-state index contributed by atoms with van der Waals surface area (Å²) in [6.45, 7) is 4.03. The summed E-state index contributed by atoms with van der Waals surface area (Å²) in [4.78, 5) is 2.58. The fraction of sp³-hybridized carbons (Fsp3) is 0.647. The number of rotatable bonds is 3. The van der Waals surface area contributed by atoms with Crippen LogP contribution in [0.4, 0.5) is 0 Å². The van der Waals surface area contributed by atoms with Gasteiger partial charge in [0.1, 0.15) is 12.4 Å². The highest BCUT2D eigenvalue weighted by atomic mass is 32.1. The lowest BCUT2D eigenvalue weighted by atomic mass is 9.75. The number of para-hydroxylation sites is 1. The molecule has 0 atom stereocenters. The van der Waals surface area contributed by atoms with E-state index in [0.29, 0.717) is 5.41 Å². The van der Waals surface area contributed by atoms with Crippen molar-refractivity contribution in [1.82, 2.24) is 4.90 Å². The summed E-state index contributed by atoms with van der Waals surface area (Å²) in [6, 6.07) is 8.46. The van der Waals surface area contributed by atoms with Crippen LogP contribution in [0.5, 0.6) is 5.75 Å². The van der Waals surface area contributed by atoms with Gasteiger partial charge in [0.05, 0.1) is 0 Å². The Morgan fingerprint density at radius 1 is 1.15 bits per heavy atom. The van der Waals surface area contributed by atoms with Crippen LogP contribution in [0.25, 0.3) is 0 Å². The van der Waals surface area contributed by atoms with Crippen LogP contribution in [-0.4, -0.2) is 30.3 Å². The zero-order chi connectivity index (χ0) is 13.8. The van der Waals surface area contributed by atoms with Gasteiger partial charge in [0.15, 0.2) is 0 Å². The molecular weight excluding hydrogens is 266 g/mol. The van der Waals surface area contributed by atoms with Gasteiger partial charge in [-0.3, -0.25) is 4.90 Å². The van der Waals surface area contributed by atoms with Gasteiger partial charge in [0.25, 0.3) is 0 Å². The molecule has 2 aliphatic rings. The number of benzene rings is 1. The second-order valence-electron chi connectivity index (χ2n) is 6.39. The largest absolute Gasteiger partial charge is 0.492 e. The lowest BCUT2D eigenvalue weighted by molar-refractivity contribution is 0.115. The van der Waals surface area contributed by atoms with E-state index in [1.165, 1.54) is 44.2 Å². The molecule has 0 aromatic heterocycles. The summed E-state index contributed by atoms with van der Waals surface area (Å²) in [5, 5.41) is 0. The van der Waals surface area contributed by atoms with E-state index in [0.717, 1.165) is 31.2 Å². The molecule has 110 valence electrons. The topological polar surface area (TPSA) is 12.5 Å². The average molecular weight is 291 g/mol. The minimum absolute atomic E-state index is 0.431. The van der Waals surface area contributed by atoms with E-state index in [9.17, 15) is 0 Å². The molecule has 3 heteroatoms. The van der Waals surface area contributed by atoms with E-state index >= 15 is 0 Å². The second-order valence-corrected chi connectivity index (χ2v) is 6.70. The molecule has 1 aliphatic carbocycles. The van der Waals surface area contributed by atoms with Crippen LogP contribution >= 0.6 is 12.6 Å². The SMILES string of the molecule is SCC1(CN2CCOc3ccccc3C2)CCCCC1. The molecule has 1 aromatic carbocycles. The summed E-state index contributed by atoms with van der Waals surface area (Å²) in [5.74, 6) is 2.09. The summed E-state index contributed by atoms with van der Waals surface area (Å²) < 4.78 is 5.87. The maximum atomic E-state index is 5.87. The third-order valence-corrected chi connectivity index (χ3v) is 5.51. The Bertz CT molecular complexity index is 442. The first-order chi connectivity index (χ1) is 9.81.